The van der Waals surface area contributed by atoms with Gasteiger partial charge < -0.3 is 15.3 Å². The molecule has 0 saturated heterocycles. The van der Waals surface area contributed by atoms with Gasteiger partial charge in [-0.1, -0.05) is 24.3 Å². The lowest BCUT2D eigenvalue weighted by Crippen LogP contribution is -2.34. The van der Waals surface area contributed by atoms with Crippen molar-refractivity contribution in [2.75, 3.05) is 0 Å². The second-order valence-electron chi connectivity index (χ2n) is 4.28. The van der Waals surface area contributed by atoms with E-state index >= 15 is 0 Å². The molecule has 3 N–H and O–H groups in total. The zero-order chi connectivity index (χ0) is 14.5. The van der Waals surface area contributed by atoms with Crippen LogP contribution >= 0.6 is 0 Å². The Hall–Kier alpha value is -2.37. The summed E-state index contributed by atoms with van der Waals surface area (Å²) in [5.41, 5.74) is -1.09. The van der Waals surface area contributed by atoms with Gasteiger partial charge in [-0.05, 0) is 11.6 Å². The number of carboxylic acids is 3. The average molecular weight is 265 g/mol. The summed E-state index contributed by atoms with van der Waals surface area (Å²) in [6.07, 6.45) is -1.68. The quantitative estimate of drug-likeness (QED) is 0.681. The average Bonchev–Trinajstić information content (AvgIpc) is 2.27. The maximum Gasteiger partial charge on any atom is 0.304 e. The highest BCUT2D eigenvalue weighted by Crippen LogP contribution is 2.35. The summed E-state index contributed by atoms with van der Waals surface area (Å²) in [6.45, 7) is 0. The van der Waals surface area contributed by atoms with Gasteiger partial charge in [0.05, 0.1) is 19.3 Å². The molecule has 0 bridgehead atoms. The van der Waals surface area contributed by atoms with Crippen molar-refractivity contribution in [3.05, 3.63) is 35.9 Å². The van der Waals surface area contributed by atoms with Crippen LogP contribution in [0.4, 0.5) is 0 Å². The molecule has 0 spiro atoms. The van der Waals surface area contributed by atoms with Crippen LogP contribution < -0.4 is 0 Å². The Labute approximate surface area is 109 Å². The summed E-state index contributed by atoms with van der Waals surface area (Å²) in [5.74, 6) is -3.72. The van der Waals surface area contributed by atoms with Crippen molar-refractivity contribution < 1.29 is 29.7 Å². The van der Waals surface area contributed by atoms with Crippen LogP contribution in [0.5, 0.6) is 0 Å². The van der Waals surface area contributed by atoms with Gasteiger partial charge in [-0.15, -0.1) is 0 Å². The molecule has 0 unspecified atom stereocenters. The van der Waals surface area contributed by atoms with Gasteiger partial charge in [0, 0.05) is 5.41 Å². The van der Waals surface area contributed by atoms with Crippen LogP contribution in [-0.4, -0.2) is 33.2 Å². The molecule has 0 aromatic heterocycles. The minimum absolute atomic E-state index is 0.374. The fourth-order valence-electron chi connectivity index (χ4n) is 2.10. The summed E-state index contributed by atoms with van der Waals surface area (Å²) in [5, 5.41) is 26.8. The molecule has 0 amide bonds. The molecule has 0 aliphatic heterocycles. The van der Waals surface area contributed by atoms with E-state index < -0.39 is 42.6 Å². The third-order valence-electron chi connectivity index (χ3n) is 2.80. The first kappa shape index (κ1) is 14.7. The summed E-state index contributed by atoms with van der Waals surface area (Å²) in [4.78, 5) is 32.9. The van der Waals surface area contributed by atoms with Crippen molar-refractivity contribution in [2.24, 2.45) is 0 Å². The van der Waals surface area contributed by atoms with Crippen molar-refractivity contribution in [2.45, 2.75) is 24.7 Å². The highest BCUT2D eigenvalue weighted by atomic mass is 16.4. The van der Waals surface area contributed by atoms with E-state index in [2.05, 4.69) is 6.07 Å². The molecule has 19 heavy (non-hydrogen) atoms. The van der Waals surface area contributed by atoms with E-state index in [0.29, 0.717) is 5.56 Å². The minimum atomic E-state index is -1.46. The number of aliphatic carboxylic acids is 3. The lowest BCUT2D eigenvalue weighted by atomic mass is 9.72. The third-order valence-corrected chi connectivity index (χ3v) is 2.80. The molecule has 1 radical (unpaired) electrons. The molecule has 0 fully saturated rings. The second-order valence-corrected chi connectivity index (χ2v) is 4.28. The standard InChI is InChI=1S/C13H13O6/c14-10(15)6-13(7-11(16)17,8-12(18)19)9-4-2-1-3-5-9/h2-5H,6-8H2,(H,14,15)(H,16,17)(H,18,19). The lowest BCUT2D eigenvalue weighted by molar-refractivity contribution is -0.144. The fourth-order valence-corrected chi connectivity index (χ4v) is 2.10. The predicted octanol–water partition coefficient (Wildman–Crippen LogP) is 1.15. The van der Waals surface area contributed by atoms with E-state index in [-0.39, 0.29) is 0 Å². The van der Waals surface area contributed by atoms with Crippen molar-refractivity contribution in [3.63, 3.8) is 0 Å². The Morgan fingerprint density at radius 2 is 1.26 bits per heavy atom. The number of carboxylic acid groups (broad SMARTS) is 3. The monoisotopic (exact) mass is 265 g/mol. The number of rotatable bonds is 7. The van der Waals surface area contributed by atoms with Crippen LogP contribution in [0.2, 0.25) is 0 Å². The molecule has 0 atom stereocenters. The van der Waals surface area contributed by atoms with Crippen molar-refractivity contribution in [1.82, 2.24) is 0 Å². The molecule has 0 aliphatic rings. The molecule has 101 valence electrons. The maximum atomic E-state index is 11.0. The van der Waals surface area contributed by atoms with E-state index in [1.54, 1.807) is 0 Å². The Morgan fingerprint density at radius 1 is 0.895 bits per heavy atom. The number of hydrogen-bond donors (Lipinski definition) is 3. The first-order chi connectivity index (χ1) is 8.85. The van der Waals surface area contributed by atoms with Crippen LogP contribution in [0, 0.1) is 6.07 Å². The van der Waals surface area contributed by atoms with Gasteiger partial charge >= 0.3 is 17.9 Å². The first-order valence-electron chi connectivity index (χ1n) is 5.48. The Balaban J connectivity index is 3.28. The number of hydrogen-bond acceptors (Lipinski definition) is 3. The first-order valence-corrected chi connectivity index (χ1v) is 5.48. The van der Waals surface area contributed by atoms with Gasteiger partial charge in [-0.2, -0.15) is 0 Å². The predicted molar refractivity (Wildman–Crippen MR) is 63.7 cm³/mol. The minimum Gasteiger partial charge on any atom is -0.481 e. The normalized spacial score (nSPS) is 10.9. The van der Waals surface area contributed by atoms with Crippen LogP contribution in [0.25, 0.3) is 0 Å². The zero-order valence-corrected chi connectivity index (χ0v) is 10.00. The topological polar surface area (TPSA) is 112 Å². The molecule has 1 aromatic carbocycles. The summed E-state index contributed by atoms with van der Waals surface area (Å²) < 4.78 is 0. The van der Waals surface area contributed by atoms with E-state index in [0.717, 1.165) is 0 Å². The Morgan fingerprint density at radius 3 is 1.58 bits per heavy atom. The largest absolute Gasteiger partial charge is 0.481 e. The van der Waals surface area contributed by atoms with Gasteiger partial charge in [0.1, 0.15) is 0 Å². The second kappa shape index (κ2) is 5.99. The summed E-state index contributed by atoms with van der Waals surface area (Å²) in [6, 6.07) is 8.70. The van der Waals surface area contributed by atoms with Crippen molar-refractivity contribution >= 4 is 17.9 Å². The smallest absolute Gasteiger partial charge is 0.304 e. The van der Waals surface area contributed by atoms with E-state index in [1.165, 1.54) is 24.3 Å². The molecule has 1 rings (SSSR count). The fraction of sp³-hybridized carbons (Fsp3) is 0.308. The Kier molecular flexibility index (Phi) is 4.63. The van der Waals surface area contributed by atoms with Crippen LogP contribution in [-0.2, 0) is 19.8 Å². The molecule has 0 aliphatic carbocycles. The van der Waals surface area contributed by atoms with E-state index in [9.17, 15) is 14.4 Å². The molecule has 0 heterocycles. The molecule has 6 heteroatoms. The van der Waals surface area contributed by atoms with Gasteiger partial charge in [-0.25, -0.2) is 0 Å². The van der Waals surface area contributed by atoms with Crippen LogP contribution in [0.1, 0.15) is 24.8 Å². The van der Waals surface area contributed by atoms with Gasteiger partial charge in [0.15, 0.2) is 0 Å². The van der Waals surface area contributed by atoms with Gasteiger partial charge in [0.25, 0.3) is 0 Å². The Bertz CT molecular complexity index is 438. The molecular weight excluding hydrogens is 252 g/mol. The van der Waals surface area contributed by atoms with Crippen molar-refractivity contribution in [1.29, 1.82) is 0 Å². The SMILES string of the molecule is O=C(O)CC(CC(=O)O)(CC(=O)O)c1cc[c]cc1. The summed E-state index contributed by atoms with van der Waals surface area (Å²) in [7, 11) is 0. The molecule has 0 saturated carbocycles. The molecule has 1 aromatic rings. The highest BCUT2D eigenvalue weighted by Gasteiger charge is 2.39. The summed E-state index contributed by atoms with van der Waals surface area (Å²) >= 11 is 0. The van der Waals surface area contributed by atoms with E-state index in [1.807, 2.05) is 0 Å². The lowest BCUT2D eigenvalue weighted by Gasteiger charge is -2.29. The maximum absolute atomic E-state index is 11.0. The van der Waals surface area contributed by atoms with E-state index in [4.69, 9.17) is 15.3 Å². The van der Waals surface area contributed by atoms with Gasteiger partial charge in [-0.3, -0.25) is 14.4 Å². The van der Waals surface area contributed by atoms with Crippen LogP contribution in [0.3, 0.4) is 0 Å². The van der Waals surface area contributed by atoms with Crippen molar-refractivity contribution in [3.8, 4) is 0 Å². The zero-order valence-electron chi connectivity index (χ0n) is 10.00. The highest BCUT2D eigenvalue weighted by molar-refractivity contribution is 5.78. The third kappa shape index (κ3) is 4.09. The van der Waals surface area contributed by atoms with Gasteiger partial charge in [0.2, 0.25) is 0 Å². The molecule has 6 nitrogen and oxygen atoms in total. The number of benzene rings is 1. The van der Waals surface area contributed by atoms with Crippen LogP contribution in [0.15, 0.2) is 24.3 Å². The number of carbonyl (C=O) groups is 3. The molecular formula is C13H13O6.